The Morgan fingerprint density at radius 3 is 2.60 bits per heavy atom. The highest BCUT2D eigenvalue weighted by atomic mass is 16.5. The Kier molecular flexibility index (Phi) is 3.79. The SMILES string of the molecule is COc1ccc2c(C)c(CCC(=O)[O-])c(=O)oc2c1C. The van der Waals surface area contributed by atoms with E-state index in [1.54, 1.807) is 20.1 Å². The maximum Gasteiger partial charge on any atom is 0.339 e. The third-order valence-corrected chi connectivity index (χ3v) is 3.45. The van der Waals surface area contributed by atoms with Gasteiger partial charge in [0.15, 0.2) is 0 Å². The van der Waals surface area contributed by atoms with E-state index in [1.165, 1.54) is 0 Å². The van der Waals surface area contributed by atoms with Crippen LogP contribution in [0.3, 0.4) is 0 Å². The molecule has 106 valence electrons. The minimum absolute atomic E-state index is 0.109. The summed E-state index contributed by atoms with van der Waals surface area (Å²) in [4.78, 5) is 22.5. The van der Waals surface area contributed by atoms with Gasteiger partial charge in [0.1, 0.15) is 11.3 Å². The number of carboxylic acid groups (broad SMARTS) is 1. The summed E-state index contributed by atoms with van der Waals surface area (Å²) < 4.78 is 10.5. The molecular formula is C15H15O5-. The van der Waals surface area contributed by atoms with Gasteiger partial charge in [0.2, 0.25) is 0 Å². The summed E-state index contributed by atoms with van der Waals surface area (Å²) in [6.07, 6.45) is -0.0935. The summed E-state index contributed by atoms with van der Waals surface area (Å²) in [5.74, 6) is -0.544. The summed E-state index contributed by atoms with van der Waals surface area (Å²) in [6, 6.07) is 3.61. The molecule has 2 rings (SSSR count). The van der Waals surface area contributed by atoms with Gasteiger partial charge in [-0.15, -0.1) is 0 Å². The van der Waals surface area contributed by atoms with Crippen LogP contribution in [0.15, 0.2) is 21.3 Å². The van der Waals surface area contributed by atoms with Crippen LogP contribution in [0.4, 0.5) is 0 Å². The molecule has 0 N–H and O–H groups in total. The lowest BCUT2D eigenvalue weighted by Gasteiger charge is -2.11. The minimum atomic E-state index is -1.19. The van der Waals surface area contributed by atoms with Crippen molar-refractivity contribution in [1.82, 2.24) is 0 Å². The van der Waals surface area contributed by atoms with Crippen LogP contribution in [-0.4, -0.2) is 13.1 Å². The number of rotatable bonds is 4. The van der Waals surface area contributed by atoms with Crippen molar-refractivity contribution in [1.29, 1.82) is 0 Å². The summed E-state index contributed by atoms with van der Waals surface area (Å²) in [5, 5.41) is 11.3. The first-order valence-corrected chi connectivity index (χ1v) is 6.25. The summed E-state index contributed by atoms with van der Waals surface area (Å²) in [6.45, 7) is 3.60. The van der Waals surface area contributed by atoms with E-state index in [0.717, 1.165) is 16.5 Å². The molecule has 0 bridgehead atoms. The Balaban J connectivity index is 2.65. The molecule has 0 saturated heterocycles. The topological polar surface area (TPSA) is 79.6 Å². The molecule has 0 fully saturated rings. The summed E-state index contributed by atoms with van der Waals surface area (Å²) >= 11 is 0. The Morgan fingerprint density at radius 1 is 1.30 bits per heavy atom. The van der Waals surface area contributed by atoms with Gasteiger partial charge in [0, 0.05) is 22.5 Å². The van der Waals surface area contributed by atoms with Crippen molar-refractivity contribution in [3.63, 3.8) is 0 Å². The molecule has 0 spiro atoms. The zero-order chi connectivity index (χ0) is 14.9. The zero-order valence-corrected chi connectivity index (χ0v) is 11.6. The lowest BCUT2D eigenvalue weighted by molar-refractivity contribution is -0.305. The fraction of sp³-hybridized carbons (Fsp3) is 0.333. The second kappa shape index (κ2) is 5.36. The third-order valence-electron chi connectivity index (χ3n) is 3.45. The normalized spacial score (nSPS) is 10.8. The molecule has 1 heterocycles. The first-order valence-electron chi connectivity index (χ1n) is 6.25. The lowest BCUT2D eigenvalue weighted by atomic mass is 10.0. The number of aliphatic carboxylic acids is 1. The Labute approximate surface area is 115 Å². The molecule has 0 amide bonds. The number of benzene rings is 1. The average Bonchev–Trinajstić information content (AvgIpc) is 2.39. The average molecular weight is 275 g/mol. The molecule has 1 aromatic heterocycles. The van der Waals surface area contributed by atoms with E-state index >= 15 is 0 Å². The van der Waals surface area contributed by atoms with E-state index in [-0.39, 0.29) is 12.8 Å². The van der Waals surface area contributed by atoms with Gasteiger partial charge < -0.3 is 19.1 Å². The fourth-order valence-corrected chi connectivity index (χ4v) is 2.31. The number of hydrogen-bond acceptors (Lipinski definition) is 5. The van der Waals surface area contributed by atoms with Crippen molar-refractivity contribution in [3.05, 3.63) is 39.2 Å². The molecule has 5 nitrogen and oxygen atoms in total. The van der Waals surface area contributed by atoms with Crippen LogP contribution in [0, 0.1) is 13.8 Å². The van der Waals surface area contributed by atoms with Crippen molar-refractivity contribution in [2.45, 2.75) is 26.7 Å². The highest BCUT2D eigenvalue weighted by molar-refractivity contribution is 5.85. The van der Waals surface area contributed by atoms with Crippen LogP contribution in [0.5, 0.6) is 5.75 Å². The Bertz CT molecular complexity index is 727. The fourth-order valence-electron chi connectivity index (χ4n) is 2.31. The van der Waals surface area contributed by atoms with Crippen molar-refractivity contribution in [3.8, 4) is 5.75 Å². The van der Waals surface area contributed by atoms with Crippen LogP contribution in [0.1, 0.15) is 23.1 Å². The van der Waals surface area contributed by atoms with Gasteiger partial charge in [-0.1, -0.05) is 0 Å². The number of hydrogen-bond donors (Lipinski definition) is 0. The molecule has 0 radical (unpaired) electrons. The molecule has 0 saturated carbocycles. The van der Waals surface area contributed by atoms with E-state index in [0.29, 0.717) is 16.9 Å². The molecular weight excluding hydrogens is 260 g/mol. The predicted molar refractivity (Wildman–Crippen MR) is 71.8 cm³/mol. The summed E-state index contributed by atoms with van der Waals surface area (Å²) in [5.41, 5.74) is 1.84. The van der Waals surface area contributed by atoms with Gasteiger partial charge in [-0.05, 0) is 44.4 Å². The van der Waals surface area contributed by atoms with Gasteiger partial charge in [-0.25, -0.2) is 4.79 Å². The van der Waals surface area contributed by atoms with Gasteiger partial charge >= 0.3 is 5.63 Å². The van der Waals surface area contributed by atoms with Crippen molar-refractivity contribution < 1.29 is 19.1 Å². The highest BCUT2D eigenvalue weighted by Crippen LogP contribution is 2.29. The van der Waals surface area contributed by atoms with Gasteiger partial charge in [0.25, 0.3) is 0 Å². The van der Waals surface area contributed by atoms with Crippen molar-refractivity contribution in [2.24, 2.45) is 0 Å². The number of fused-ring (bicyclic) bond motifs is 1. The Morgan fingerprint density at radius 2 is 2.00 bits per heavy atom. The van der Waals surface area contributed by atoms with Gasteiger partial charge in [-0.2, -0.15) is 0 Å². The number of carbonyl (C=O) groups is 1. The Hall–Kier alpha value is -2.30. The highest BCUT2D eigenvalue weighted by Gasteiger charge is 2.14. The minimum Gasteiger partial charge on any atom is -0.550 e. The van der Waals surface area contributed by atoms with Gasteiger partial charge in [-0.3, -0.25) is 0 Å². The monoisotopic (exact) mass is 275 g/mol. The number of aryl methyl sites for hydroxylation is 2. The molecule has 20 heavy (non-hydrogen) atoms. The number of carboxylic acids is 1. The standard InChI is InChI=1S/C15H16O5/c1-8-10-4-6-12(19-3)9(2)14(10)20-15(18)11(8)5-7-13(16)17/h4,6H,5,7H2,1-3H3,(H,16,17)/p-1. The van der Waals surface area contributed by atoms with Crippen LogP contribution in [0.25, 0.3) is 11.0 Å². The van der Waals surface area contributed by atoms with Crippen LogP contribution in [-0.2, 0) is 11.2 Å². The third kappa shape index (κ3) is 2.39. The second-order valence-corrected chi connectivity index (χ2v) is 4.63. The first-order chi connectivity index (χ1) is 9.45. The number of methoxy groups -OCH3 is 1. The molecule has 0 aliphatic rings. The van der Waals surface area contributed by atoms with E-state index in [1.807, 2.05) is 13.0 Å². The van der Waals surface area contributed by atoms with Crippen molar-refractivity contribution in [2.75, 3.05) is 7.11 Å². The zero-order valence-electron chi connectivity index (χ0n) is 11.6. The van der Waals surface area contributed by atoms with Crippen LogP contribution >= 0.6 is 0 Å². The van der Waals surface area contributed by atoms with Crippen LogP contribution in [0.2, 0.25) is 0 Å². The number of ether oxygens (including phenoxy) is 1. The van der Waals surface area contributed by atoms with E-state index in [9.17, 15) is 14.7 Å². The van der Waals surface area contributed by atoms with E-state index in [2.05, 4.69) is 0 Å². The second-order valence-electron chi connectivity index (χ2n) is 4.63. The van der Waals surface area contributed by atoms with E-state index in [4.69, 9.17) is 9.15 Å². The molecule has 2 aromatic rings. The molecule has 0 aliphatic carbocycles. The largest absolute Gasteiger partial charge is 0.550 e. The maximum atomic E-state index is 12.0. The lowest BCUT2D eigenvalue weighted by Crippen LogP contribution is -2.24. The molecule has 0 unspecified atom stereocenters. The molecule has 0 atom stereocenters. The first kappa shape index (κ1) is 14.1. The molecule has 1 aromatic carbocycles. The van der Waals surface area contributed by atoms with Gasteiger partial charge in [0.05, 0.1) is 7.11 Å². The predicted octanol–water partition coefficient (Wildman–Crippen LogP) is 1.10. The quantitative estimate of drug-likeness (QED) is 0.781. The van der Waals surface area contributed by atoms with Crippen LogP contribution < -0.4 is 15.5 Å². The van der Waals surface area contributed by atoms with E-state index < -0.39 is 11.6 Å². The summed E-state index contributed by atoms with van der Waals surface area (Å²) in [7, 11) is 1.55. The molecule has 0 aliphatic heterocycles. The van der Waals surface area contributed by atoms with Crippen molar-refractivity contribution >= 4 is 16.9 Å². The number of carbonyl (C=O) groups excluding carboxylic acids is 1. The maximum absolute atomic E-state index is 12.0. The molecule has 5 heteroatoms. The smallest absolute Gasteiger partial charge is 0.339 e.